The van der Waals surface area contributed by atoms with Crippen molar-refractivity contribution < 1.29 is 107 Å². The van der Waals surface area contributed by atoms with Gasteiger partial charge in [0.2, 0.25) is 0 Å². The molecule has 0 atom stereocenters. The minimum Gasteiger partial charge on any atom is -1.00 e. The molecular weight excluding hydrogens is 735 g/mol. The Labute approximate surface area is 276 Å². The van der Waals surface area contributed by atoms with E-state index < -0.39 is 81.3 Å². The first-order valence-electron chi connectivity index (χ1n) is 11.2. The van der Waals surface area contributed by atoms with E-state index in [1.54, 1.807) is 36.4 Å². The minimum absolute atomic E-state index is 0. The van der Waals surface area contributed by atoms with E-state index in [2.05, 4.69) is 0 Å². The van der Waals surface area contributed by atoms with Gasteiger partial charge in [0, 0.05) is 0 Å². The van der Waals surface area contributed by atoms with Crippen LogP contribution in [0.1, 0.15) is 5.56 Å². The Morgan fingerprint density at radius 2 is 0.884 bits per heavy atom. The summed E-state index contributed by atoms with van der Waals surface area (Å²) in [6.45, 7) is -1.32. The normalized spacial score (nSPS) is 10.4. The van der Waals surface area contributed by atoms with Crippen LogP contribution in [-0.4, -0.2) is 6.71 Å². The first-order valence-corrected chi connectivity index (χ1v) is 11.2. The number of hydrogen-bond acceptors (Lipinski definition) is 0. The van der Waals surface area contributed by atoms with E-state index in [4.69, 9.17) is 0 Å². The van der Waals surface area contributed by atoms with Gasteiger partial charge in [0.25, 0.3) is 0 Å². The Balaban J connectivity index is 0.00000231. The van der Waals surface area contributed by atoms with E-state index in [1.165, 1.54) is 25.1 Å². The SMILES string of the molecule is Cc1[cH-]c2cccc(-c3ccccc3)c2c1B(c1c(F)c(F)c(F)c(F)c1F)c1c(F)c(F)c(F)c(F)c1F.[Cl-].[Cl-].[Cl-].[Zr+4]. The topological polar surface area (TPSA) is 0 Å². The van der Waals surface area contributed by atoms with Crippen LogP contribution in [0.25, 0.3) is 21.9 Å². The van der Waals surface area contributed by atoms with Crippen molar-refractivity contribution >= 4 is 33.9 Å². The molecule has 0 aromatic heterocycles. The van der Waals surface area contributed by atoms with Crippen LogP contribution in [0.4, 0.5) is 43.9 Å². The molecule has 15 heteroatoms. The van der Waals surface area contributed by atoms with Gasteiger partial charge in [-0.15, -0.1) is 34.5 Å². The Morgan fingerprint density at radius 1 is 0.488 bits per heavy atom. The van der Waals surface area contributed by atoms with Crippen LogP contribution in [0.15, 0.2) is 54.6 Å². The summed E-state index contributed by atoms with van der Waals surface area (Å²) in [6, 6.07) is 14.2. The van der Waals surface area contributed by atoms with E-state index in [-0.39, 0.29) is 74.4 Å². The molecule has 0 unspecified atom stereocenters. The molecule has 0 heterocycles. The quantitative estimate of drug-likeness (QED) is 0.0626. The third kappa shape index (κ3) is 6.13. The summed E-state index contributed by atoms with van der Waals surface area (Å²) in [4.78, 5) is 0. The van der Waals surface area contributed by atoms with Crippen LogP contribution in [0.2, 0.25) is 0 Å². The van der Waals surface area contributed by atoms with Gasteiger partial charge in [-0.3, -0.25) is 0 Å². The van der Waals surface area contributed by atoms with Crippen molar-refractivity contribution in [1.82, 2.24) is 0 Å². The average Bonchev–Trinajstić information content (AvgIpc) is 3.28. The molecule has 5 aromatic rings. The van der Waals surface area contributed by atoms with Crippen molar-refractivity contribution in [3.8, 4) is 11.1 Å². The largest absolute Gasteiger partial charge is 4.00 e. The van der Waals surface area contributed by atoms with E-state index in [1.807, 2.05) is 0 Å². The summed E-state index contributed by atoms with van der Waals surface area (Å²) < 4.78 is 146. The summed E-state index contributed by atoms with van der Waals surface area (Å²) in [5.41, 5.74) is -3.11. The zero-order chi connectivity index (χ0) is 28.3. The Hall–Kier alpha value is -2.39. The molecule has 0 nitrogen and oxygen atoms in total. The summed E-state index contributed by atoms with van der Waals surface area (Å²) in [5, 5.41) is 0.376. The van der Waals surface area contributed by atoms with Gasteiger partial charge in [0.1, 0.15) is 0 Å². The number of rotatable bonds is 4. The van der Waals surface area contributed by atoms with E-state index in [0.29, 0.717) is 16.5 Å². The predicted octanol–water partition coefficient (Wildman–Crippen LogP) is -2.55. The molecule has 0 bridgehead atoms. The van der Waals surface area contributed by atoms with Crippen molar-refractivity contribution in [3.63, 3.8) is 0 Å². The number of hydrogen-bond donors (Lipinski definition) is 0. The minimum atomic E-state index is -2.64. The zero-order valence-electron chi connectivity index (χ0n) is 21.2. The fraction of sp³-hybridized carbons (Fsp3) is 0.0357. The summed E-state index contributed by atoms with van der Waals surface area (Å²) >= 11 is 0. The van der Waals surface area contributed by atoms with E-state index >= 15 is 17.6 Å². The second-order valence-corrected chi connectivity index (χ2v) is 8.78. The van der Waals surface area contributed by atoms with E-state index in [0.717, 1.165) is 0 Å². The zero-order valence-corrected chi connectivity index (χ0v) is 25.9. The molecule has 0 amide bonds. The van der Waals surface area contributed by atoms with Gasteiger partial charge in [-0.2, -0.15) is 5.46 Å². The summed E-state index contributed by atoms with van der Waals surface area (Å²) in [5.74, 6) is -24.8. The number of halogens is 13. The molecule has 0 aliphatic carbocycles. The van der Waals surface area contributed by atoms with Crippen LogP contribution in [0, 0.1) is 65.1 Å². The van der Waals surface area contributed by atoms with Crippen LogP contribution in [0.3, 0.4) is 0 Å². The summed E-state index contributed by atoms with van der Waals surface area (Å²) in [6.07, 6.45) is 0. The molecule has 0 saturated heterocycles. The Bertz CT molecular complexity index is 1670. The molecule has 5 aromatic carbocycles. The molecule has 43 heavy (non-hydrogen) atoms. The number of fused-ring (bicyclic) bond motifs is 1. The molecule has 5 rings (SSSR count). The molecule has 0 spiro atoms. The van der Waals surface area contributed by atoms with Crippen molar-refractivity contribution in [2.45, 2.75) is 6.92 Å². The first-order chi connectivity index (χ1) is 18.5. The molecule has 222 valence electrons. The van der Waals surface area contributed by atoms with E-state index in [9.17, 15) is 26.3 Å². The number of aryl methyl sites for hydroxylation is 1. The van der Waals surface area contributed by atoms with Crippen LogP contribution in [-0.2, 0) is 26.2 Å². The maximum atomic E-state index is 15.2. The van der Waals surface area contributed by atoms with Crippen molar-refractivity contribution in [3.05, 3.63) is 118 Å². The van der Waals surface area contributed by atoms with Crippen molar-refractivity contribution in [2.75, 3.05) is 0 Å². The molecule has 0 N–H and O–H groups in total. The maximum Gasteiger partial charge on any atom is 4.00 e. The van der Waals surface area contributed by atoms with Gasteiger partial charge >= 0.3 is 26.2 Å². The Morgan fingerprint density at radius 3 is 1.30 bits per heavy atom. The molecule has 0 radical (unpaired) electrons. The molecule has 0 saturated carbocycles. The van der Waals surface area contributed by atoms with Crippen LogP contribution < -0.4 is 53.6 Å². The van der Waals surface area contributed by atoms with Gasteiger partial charge < -0.3 is 37.2 Å². The monoisotopic (exact) mass is 744 g/mol. The predicted molar refractivity (Wildman–Crippen MR) is 127 cm³/mol. The Kier molecular flexibility index (Phi) is 13.1. The second-order valence-electron chi connectivity index (χ2n) is 8.78. The standard InChI is InChI=1S/C28H12BF10.3ClH.Zr/c1-11-10-13-8-5-9-14(12-6-3-2-4-7-12)15(13)16(11)29(17-19(30)23(34)27(38)24(35)20(17)31)18-21(32)25(36)28(39)26(37)22(18)33;;;;/h2-10H,1H3;3*1H;/q-1;;;;+4/p-3. The second kappa shape index (κ2) is 14.6. The number of benzene rings is 4. The smallest absolute Gasteiger partial charge is 1.00 e. The van der Waals surface area contributed by atoms with Gasteiger partial charge in [-0.05, 0) is 16.5 Å². The molecule has 0 aliphatic rings. The van der Waals surface area contributed by atoms with Crippen molar-refractivity contribution in [1.29, 1.82) is 0 Å². The van der Waals surface area contributed by atoms with Gasteiger partial charge in [-0.1, -0.05) is 48.9 Å². The fourth-order valence-corrected chi connectivity index (χ4v) is 4.91. The van der Waals surface area contributed by atoms with Crippen LogP contribution >= 0.6 is 0 Å². The molecule has 0 fully saturated rings. The summed E-state index contributed by atoms with van der Waals surface area (Å²) in [7, 11) is 0. The maximum absolute atomic E-state index is 15.2. The van der Waals surface area contributed by atoms with Gasteiger partial charge in [0.05, 0.1) is 0 Å². The third-order valence-electron chi connectivity index (χ3n) is 6.60. The fourth-order valence-electron chi connectivity index (χ4n) is 4.91. The first kappa shape index (κ1) is 38.6. The van der Waals surface area contributed by atoms with Gasteiger partial charge in [0.15, 0.2) is 64.9 Å². The van der Waals surface area contributed by atoms with Gasteiger partial charge in [-0.25, -0.2) is 43.9 Å². The average molecular weight is 747 g/mol. The third-order valence-corrected chi connectivity index (χ3v) is 6.60. The molecule has 0 aliphatic heterocycles. The molecular formula is C28H12BCl3F10Zr. The van der Waals surface area contributed by atoms with Crippen LogP contribution in [0.5, 0.6) is 0 Å². The van der Waals surface area contributed by atoms with Crippen molar-refractivity contribution in [2.24, 2.45) is 0 Å².